The average Bonchev–Trinajstić information content (AvgIpc) is 2.35. The number of halogens is 2. The minimum atomic E-state index is -2.44. The van der Waals surface area contributed by atoms with E-state index >= 15 is 0 Å². The number of aliphatic hydroxyl groups is 1. The van der Waals surface area contributed by atoms with Crippen LogP contribution in [0.2, 0.25) is 0 Å². The van der Waals surface area contributed by atoms with Crippen LogP contribution in [0.25, 0.3) is 0 Å². The fourth-order valence-corrected chi connectivity index (χ4v) is 1.85. The molecule has 0 fully saturated rings. The number of hydrogen-bond donors (Lipinski definition) is 1. The van der Waals surface area contributed by atoms with Crippen molar-refractivity contribution in [3.05, 3.63) is 0 Å². The first-order chi connectivity index (χ1) is 8.99. The van der Waals surface area contributed by atoms with Crippen molar-refractivity contribution in [3.8, 4) is 0 Å². The van der Waals surface area contributed by atoms with E-state index in [1.807, 2.05) is 6.92 Å². The molecule has 1 N–H and O–H groups in total. The quantitative estimate of drug-likeness (QED) is 0.327. The third kappa shape index (κ3) is 15.1. The van der Waals surface area contributed by atoms with Crippen LogP contribution in [0.3, 0.4) is 0 Å². The van der Waals surface area contributed by atoms with Crippen molar-refractivity contribution in [2.24, 2.45) is 0 Å². The number of alkyl halides is 2. The van der Waals surface area contributed by atoms with Crippen molar-refractivity contribution >= 4 is 40.1 Å². The Hall–Kier alpha value is 0.860. The van der Waals surface area contributed by atoms with Crippen molar-refractivity contribution in [2.75, 3.05) is 37.1 Å². The molecule has 0 saturated carbocycles. The second-order valence-electron chi connectivity index (χ2n) is 2.89. The van der Waals surface area contributed by atoms with Gasteiger partial charge in [-0.15, -0.1) is 4.52 Å². The molecule has 0 saturated heterocycles. The van der Waals surface area contributed by atoms with Gasteiger partial charge in [0, 0.05) is 28.4 Å². The van der Waals surface area contributed by atoms with Gasteiger partial charge in [0.15, 0.2) is 0 Å². The number of ether oxygens (including phenoxy) is 2. The monoisotopic (exact) mass is 427 g/mol. The molecule has 0 aromatic heterocycles. The molecule has 0 radical (unpaired) electrons. The maximum atomic E-state index is 11.2. The second kappa shape index (κ2) is 15.3. The molecule has 6 nitrogen and oxygen atoms in total. The SMILES string of the molecule is CCBr.CCOCC(O)(OCC)O[P+](=O)OCCBr. The standard InChI is InChI=1S/C8H17BrO6P.C2H5Br/c1-3-12-7-8(10,13-4-2)15-16(11)14-6-5-9;1-2-3/h10H,3-7H2,1-2H3;2H2,1H3/q+1;. The van der Waals surface area contributed by atoms with E-state index in [2.05, 4.69) is 31.9 Å². The predicted molar refractivity (Wildman–Crippen MR) is 81.0 cm³/mol. The lowest BCUT2D eigenvalue weighted by Gasteiger charge is -2.20. The first kappa shape index (κ1) is 22.1. The van der Waals surface area contributed by atoms with Gasteiger partial charge >= 0.3 is 14.2 Å². The van der Waals surface area contributed by atoms with Gasteiger partial charge in [0.2, 0.25) is 0 Å². The summed E-state index contributed by atoms with van der Waals surface area (Å²) in [4.78, 5) is 0. The molecule has 2 unspecified atom stereocenters. The van der Waals surface area contributed by atoms with Gasteiger partial charge in [0.05, 0.1) is 0 Å². The molecule has 0 amide bonds. The van der Waals surface area contributed by atoms with Gasteiger partial charge in [-0.05, 0) is 18.4 Å². The lowest BCUT2D eigenvalue weighted by atomic mass is 10.6. The Labute approximate surface area is 132 Å². The lowest BCUT2D eigenvalue weighted by molar-refractivity contribution is -0.337. The average molecular weight is 429 g/mol. The van der Waals surface area contributed by atoms with Crippen LogP contribution in [0.15, 0.2) is 0 Å². The molecule has 0 heterocycles. The molecule has 2 atom stereocenters. The van der Waals surface area contributed by atoms with Crippen molar-refractivity contribution in [2.45, 2.75) is 26.7 Å². The van der Waals surface area contributed by atoms with E-state index in [9.17, 15) is 9.67 Å². The fourth-order valence-electron chi connectivity index (χ4n) is 0.803. The number of rotatable bonds is 10. The summed E-state index contributed by atoms with van der Waals surface area (Å²) in [7, 11) is -2.44. The normalized spacial score (nSPS) is 14.3. The number of hydrogen-bond acceptors (Lipinski definition) is 6. The molecular formula is C10H22Br2O6P+. The first-order valence-corrected chi connectivity index (χ1v) is 9.18. The summed E-state index contributed by atoms with van der Waals surface area (Å²) >= 11 is 6.25. The van der Waals surface area contributed by atoms with Crippen LogP contribution >= 0.6 is 40.1 Å². The van der Waals surface area contributed by atoms with Crippen molar-refractivity contribution < 1.29 is 28.2 Å². The van der Waals surface area contributed by atoms with Gasteiger partial charge in [-0.2, -0.15) is 0 Å². The molecule has 0 rings (SSSR count). The van der Waals surface area contributed by atoms with Gasteiger partial charge in [-0.3, -0.25) is 0 Å². The minimum Gasteiger partial charge on any atom is -0.373 e. The zero-order valence-corrected chi connectivity index (χ0v) is 15.5. The summed E-state index contributed by atoms with van der Waals surface area (Å²) in [6.45, 7) is 6.05. The first-order valence-electron chi connectivity index (χ1n) is 5.84. The minimum absolute atomic E-state index is 0.200. The molecule has 0 aromatic carbocycles. The molecule has 0 aromatic rings. The molecule has 0 aliphatic carbocycles. The van der Waals surface area contributed by atoms with E-state index in [4.69, 9.17) is 18.5 Å². The van der Waals surface area contributed by atoms with Crippen LogP contribution in [0, 0.1) is 0 Å². The van der Waals surface area contributed by atoms with E-state index in [1.54, 1.807) is 13.8 Å². The van der Waals surface area contributed by atoms with Gasteiger partial charge in [-0.1, -0.05) is 38.8 Å². The predicted octanol–water partition coefficient (Wildman–Crippen LogP) is 3.19. The van der Waals surface area contributed by atoms with Crippen LogP contribution in [-0.2, 0) is 23.1 Å². The molecule has 116 valence electrons. The zero-order chi connectivity index (χ0) is 15.1. The Morgan fingerprint density at radius 1 is 1.21 bits per heavy atom. The van der Waals surface area contributed by atoms with Gasteiger partial charge in [0.1, 0.15) is 13.2 Å². The Morgan fingerprint density at radius 3 is 2.21 bits per heavy atom. The Kier molecular flexibility index (Phi) is 17.8. The summed E-state index contributed by atoms with van der Waals surface area (Å²) in [5, 5.41) is 11.4. The maximum absolute atomic E-state index is 11.2. The van der Waals surface area contributed by atoms with Crippen molar-refractivity contribution in [3.63, 3.8) is 0 Å². The van der Waals surface area contributed by atoms with E-state index in [0.29, 0.717) is 11.9 Å². The molecule has 0 bridgehead atoms. The van der Waals surface area contributed by atoms with Crippen LogP contribution in [-0.4, -0.2) is 48.2 Å². The summed E-state index contributed by atoms with van der Waals surface area (Å²) in [6.07, 6.45) is 0. The molecule has 0 aliphatic rings. The van der Waals surface area contributed by atoms with E-state index in [1.165, 1.54) is 0 Å². The summed E-state index contributed by atoms with van der Waals surface area (Å²) in [6, 6.07) is 0. The highest BCUT2D eigenvalue weighted by molar-refractivity contribution is 9.09. The Morgan fingerprint density at radius 2 is 1.79 bits per heavy atom. The lowest BCUT2D eigenvalue weighted by Crippen LogP contribution is -2.39. The van der Waals surface area contributed by atoms with Gasteiger partial charge in [0.25, 0.3) is 0 Å². The third-order valence-electron chi connectivity index (χ3n) is 1.35. The topological polar surface area (TPSA) is 74.2 Å². The van der Waals surface area contributed by atoms with Crippen molar-refractivity contribution in [1.82, 2.24) is 0 Å². The largest absolute Gasteiger partial charge is 0.703 e. The Balaban J connectivity index is 0. The van der Waals surface area contributed by atoms with Crippen LogP contribution in [0.1, 0.15) is 20.8 Å². The maximum Gasteiger partial charge on any atom is 0.703 e. The van der Waals surface area contributed by atoms with Crippen LogP contribution < -0.4 is 0 Å². The Bertz CT molecular complexity index is 222. The van der Waals surface area contributed by atoms with Crippen LogP contribution in [0.5, 0.6) is 0 Å². The molecule has 0 aliphatic heterocycles. The highest BCUT2D eigenvalue weighted by atomic mass is 79.9. The van der Waals surface area contributed by atoms with Crippen LogP contribution in [0.4, 0.5) is 0 Å². The summed E-state index contributed by atoms with van der Waals surface area (Å²) < 4.78 is 30.6. The van der Waals surface area contributed by atoms with Gasteiger partial charge < -0.3 is 14.6 Å². The summed E-state index contributed by atoms with van der Waals surface area (Å²) in [5.41, 5.74) is 0. The molecular weight excluding hydrogens is 407 g/mol. The molecule has 0 spiro atoms. The zero-order valence-electron chi connectivity index (χ0n) is 11.4. The van der Waals surface area contributed by atoms with E-state index < -0.39 is 14.2 Å². The van der Waals surface area contributed by atoms with Crippen molar-refractivity contribution in [1.29, 1.82) is 0 Å². The molecule has 19 heavy (non-hydrogen) atoms. The fraction of sp³-hybridized carbons (Fsp3) is 1.00. The second-order valence-corrected chi connectivity index (χ2v) is 5.69. The summed E-state index contributed by atoms with van der Waals surface area (Å²) in [5.74, 6) is -2.02. The highest BCUT2D eigenvalue weighted by Gasteiger charge is 2.41. The van der Waals surface area contributed by atoms with Gasteiger partial charge in [-0.25, -0.2) is 0 Å². The molecule has 9 heteroatoms. The third-order valence-corrected chi connectivity index (χ3v) is 2.50. The van der Waals surface area contributed by atoms with E-state index in [0.717, 1.165) is 5.33 Å². The smallest absolute Gasteiger partial charge is 0.373 e. The van der Waals surface area contributed by atoms with E-state index in [-0.39, 0.29) is 19.8 Å². The highest BCUT2D eigenvalue weighted by Crippen LogP contribution is 2.31.